The Bertz CT molecular complexity index is 822. The van der Waals surface area contributed by atoms with Gasteiger partial charge in [-0.15, -0.1) is 0 Å². The van der Waals surface area contributed by atoms with Crippen LogP contribution in [-0.4, -0.2) is 36.1 Å². The number of benzene rings is 2. The van der Waals surface area contributed by atoms with E-state index in [2.05, 4.69) is 5.32 Å². The highest BCUT2D eigenvalue weighted by Crippen LogP contribution is 2.23. The van der Waals surface area contributed by atoms with E-state index in [0.29, 0.717) is 32.2 Å². The number of ether oxygens (including phenoxy) is 1. The van der Waals surface area contributed by atoms with Crippen molar-refractivity contribution in [3.8, 4) is 0 Å². The smallest absolute Gasteiger partial charge is 0.309 e. The second kappa shape index (κ2) is 13.2. The molecule has 0 bridgehead atoms. The van der Waals surface area contributed by atoms with Gasteiger partial charge in [0.1, 0.15) is 0 Å². The number of carboxylic acid groups (broad SMARTS) is 1. The minimum atomic E-state index is -0.889. The molecule has 2 atom stereocenters. The van der Waals surface area contributed by atoms with Crippen molar-refractivity contribution < 1.29 is 24.2 Å². The zero-order chi connectivity index (χ0) is 22.5. The molecule has 1 amide bonds. The van der Waals surface area contributed by atoms with Crippen LogP contribution in [-0.2, 0) is 32.0 Å². The van der Waals surface area contributed by atoms with Crippen LogP contribution in [0.2, 0.25) is 0 Å². The molecular formula is C25H31NO5. The summed E-state index contributed by atoms with van der Waals surface area (Å²) in [6.07, 6.45) is 1.72. The van der Waals surface area contributed by atoms with E-state index in [-0.39, 0.29) is 24.9 Å². The van der Waals surface area contributed by atoms with E-state index in [1.54, 1.807) is 6.92 Å². The van der Waals surface area contributed by atoms with Crippen LogP contribution in [0.25, 0.3) is 0 Å². The van der Waals surface area contributed by atoms with Gasteiger partial charge in [-0.25, -0.2) is 0 Å². The fourth-order valence-corrected chi connectivity index (χ4v) is 3.54. The molecule has 31 heavy (non-hydrogen) atoms. The molecular weight excluding hydrogens is 394 g/mol. The lowest BCUT2D eigenvalue weighted by molar-refractivity contribution is -0.149. The van der Waals surface area contributed by atoms with Gasteiger partial charge in [-0.05, 0) is 43.7 Å². The van der Waals surface area contributed by atoms with E-state index in [4.69, 9.17) is 9.84 Å². The topological polar surface area (TPSA) is 92.7 Å². The summed E-state index contributed by atoms with van der Waals surface area (Å²) in [6, 6.07) is 19.4. The average molecular weight is 426 g/mol. The van der Waals surface area contributed by atoms with E-state index >= 15 is 0 Å². The molecule has 2 aromatic rings. The molecule has 2 aromatic carbocycles. The molecule has 0 unspecified atom stereocenters. The van der Waals surface area contributed by atoms with Gasteiger partial charge in [0.05, 0.1) is 12.5 Å². The summed E-state index contributed by atoms with van der Waals surface area (Å²) in [5.41, 5.74) is 2.02. The Morgan fingerprint density at radius 3 is 1.97 bits per heavy atom. The maximum atomic E-state index is 13.0. The lowest BCUT2D eigenvalue weighted by Crippen LogP contribution is -2.36. The summed E-state index contributed by atoms with van der Waals surface area (Å²) in [7, 11) is 0. The number of carbonyl (C=O) groups excluding carboxylic acids is 2. The molecule has 6 nitrogen and oxygen atoms in total. The van der Waals surface area contributed by atoms with Crippen molar-refractivity contribution in [2.45, 2.75) is 39.0 Å². The second-order valence-electron chi connectivity index (χ2n) is 7.55. The Morgan fingerprint density at radius 2 is 1.45 bits per heavy atom. The summed E-state index contributed by atoms with van der Waals surface area (Å²) in [6.45, 7) is 2.35. The van der Waals surface area contributed by atoms with Crippen LogP contribution in [0.3, 0.4) is 0 Å². The fourth-order valence-electron chi connectivity index (χ4n) is 3.54. The molecule has 166 valence electrons. The van der Waals surface area contributed by atoms with Crippen LogP contribution in [0.5, 0.6) is 0 Å². The van der Waals surface area contributed by atoms with Crippen LogP contribution in [0.15, 0.2) is 60.7 Å². The van der Waals surface area contributed by atoms with E-state index in [0.717, 1.165) is 11.1 Å². The highest BCUT2D eigenvalue weighted by molar-refractivity contribution is 5.80. The van der Waals surface area contributed by atoms with Crippen LogP contribution < -0.4 is 5.32 Å². The van der Waals surface area contributed by atoms with Gasteiger partial charge >= 0.3 is 11.9 Å². The number of hydrogen-bond donors (Lipinski definition) is 2. The van der Waals surface area contributed by atoms with Gasteiger partial charge in [-0.1, -0.05) is 60.7 Å². The normalized spacial score (nSPS) is 12.5. The molecule has 0 saturated heterocycles. The predicted molar refractivity (Wildman–Crippen MR) is 118 cm³/mol. The quantitative estimate of drug-likeness (QED) is 0.378. The lowest BCUT2D eigenvalue weighted by Gasteiger charge is -2.22. The lowest BCUT2D eigenvalue weighted by atomic mass is 9.85. The largest absolute Gasteiger partial charge is 0.481 e. The molecule has 0 radical (unpaired) electrons. The molecule has 0 aliphatic rings. The third-order valence-corrected chi connectivity index (χ3v) is 5.08. The molecule has 0 heterocycles. The number of nitrogens with one attached hydrogen (secondary N) is 1. The number of carboxylic acids is 1. The van der Waals surface area contributed by atoms with Crippen molar-refractivity contribution in [3.63, 3.8) is 0 Å². The molecule has 0 fully saturated rings. The van der Waals surface area contributed by atoms with Crippen molar-refractivity contribution in [1.82, 2.24) is 5.32 Å². The van der Waals surface area contributed by atoms with E-state index in [1.165, 1.54) is 0 Å². The van der Waals surface area contributed by atoms with Gasteiger partial charge in [0.15, 0.2) is 0 Å². The summed E-state index contributed by atoms with van der Waals surface area (Å²) in [5, 5.41) is 11.6. The summed E-state index contributed by atoms with van der Waals surface area (Å²) in [4.78, 5) is 36.3. The molecule has 0 saturated carbocycles. The van der Waals surface area contributed by atoms with Gasteiger partial charge in [0.25, 0.3) is 0 Å². The van der Waals surface area contributed by atoms with Crippen LogP contribution in [0.4, 0.5) is 0 Å². The standard InChI is InChI=1S/C25H31NO5/c1-2-31-25(30)22(17-20-12-7-4-8-13-20)18-21(16-19-10-5-3-6-11-19)24(29)26-15-9-14-23(27)28/h3-8,10-13,21-22H,2,9,14-18H2,1H3,(H,26,29)(H,27,28)/t21-,22-/m0/s1. The predicted octanol–water partition coefficient (Wildman–Crippen LogP) is 3.64. The molecule has 2 rings (SSSR count). The maximum absolute atomic E-state index is 13.0. The number of aliphatic carboxylic acids is 1. The zero-order valence-electron chi connectivity index (χ0n) is 18.0. The molecule has 6 heteroatoms. The summed E-state index contributed by atoms with van der Waals surface area (Å²) >= 11 is 0. The fraction of sp³-hybridized carbons (Fsp3) is 0.400. The summed E-state index contributed by atoms with van der Waals surface area (Å²) in [5.74, 6) is -2.23. The zero-order valence-corrected chi connectivity index (χ0v) is 18.0. The first-order valence-electron chi connectivity index (χ1n) is 10.7. The Morgan fingerprint density at radius 1 is 0.903 bits per heavy atom. The van der Waals surface area contributed by atoms with E-state index in [9.17, 15) is 14.4 Å². The number of carbonyl (C=O) groups is 3. The highest BCUT2D eigenvalue weighted by Gasteiger charge is 2.28. The number of esters is 1. The molecule has 0 aromatic heterocycles. The Kier molecular flexibility index (Phi) is 10.3. The average Bonchev–Trinajstić information content (AvgIpc) is 2.77. The first-order chi connectivity index (χ1) is 15.0. The Balaban J connectivity index is 2.14. The van der Waals surface area contributed by atoms with Crippen LogP contribution >= 0.6 is 0 Å². The SMILES string of the molecule is CCOC(=O)[C@@H](Cc1ccccc1)C[C@H](Cc1ccccc1)C(=O)NCCCC(=O)O. The number of rotatable bonds is 13. The van der Waals surface area contributed by atoms with Crippen LogP contribution in [0.1, 0.15) is 37.3 Å². The monoisotopic (exact) mass is 425 g/mol. The first-order valence-corrected chi connectivity index (χ1v) is 10.7. The third kappa shape index (κ3) is 9.03. The van der Waals surface area contributed by atoms with Crippen molar-refractivity contribution >= 4 is 17.8 Å². The van der Waals surface area contributed by atoms with Gasteiger partial charge in [0.2, 0.25) is 5.91 Å². The number of hydrogen-bond acceptors (Lipinski definition) is 4. The van der Waals surface area contributed by atoms with Gasteiger partial charge < -0.3 is 15.2 Å². The van der Waals surface area contributed by atoms with Crippen molar-refractivity contribution in [2.75, 3.05) is 13.2 Å². The van der Waals surface area contributed by atoms with Crippen molar-refractivity contribution in [3.05, 3.63) is 71.8 Å². The van der Waals surface area contributed by atoms with Gasteiger partial charge in [-0.2, -0.15) is 0 Å². The molecule has 0 spiro atoms. The Labute approximate surface area is 183 Å². The minimum Gasteiger partial charge on any atom is -0.481 e. The first kappa shape index (κ1) is 24.1. The number of amides is 1. The van der Waals surface area contributed by atoms with Crippen molar-refractivity contribution in [2.24, 2.45) is 11.8 Å². The highest BCUT2D eigenvalue weighted by atomic mass is 16.5. The van der Waals surface area contributed by atoms with Gasteiger partial charge in [0, 0.05) is 18.9 Å². The van der Waals surface area contributed by atoms with Crippen molar-refractivity contribution in [1.29, 1.82) is 0 Å². The van der Waals surface area contributed by atoms with E-state index in [1.807, 2.05) is 60.7 Å². The van der Waals surface area contributed by atoms with Gasteiger partial charge in [-0.3, -0.25) is 14.4 Å². The Hall–Kier alpha value is -3.15. The third-order valence-electron chi connectivity index (χ3n) is 5.08. The second-order valence-corrected chi connectivity index (χ2v) is 7.55. The minimum absolute atomic E-state index is 0.00307. The summed E-state index contributed by atoms with van der Waals surface area (Å²) < 4.78 is 5.30. The van der Waals surface area contributed by atoms with E-state index < -0.39 is 17.8 Å². The molecule has 2 N–H and O–H groups in total. The maximum Gasteiger partial charge on any atom is 0.309 e. The van der Waals surface area contributed by atoms with Crippen LogP contribution in [0, 0.1) is 11.8 Å². The molecule has 0 aliphatic heterocycles. The molecule has 0 aliphatic carbocycles.